The Kier molecular flexibility index (Phi) is 3.73. The Morgan fingerprint density at radius 3 is 2.33 bits per heavy atom. The topological polar surface area (TPSA) is 52.8 Å². The number of imidazole rings is 1. The van der Waals surface area contributed by atoms with Crippen LogP contribution in [0.1, 0.15) is 0 Å². The van der Waals surface area contributed by atoms with Crippen molar-refractivity contribution < 1.29 is 4.74 Å². The van der Waals surface area contributed by atoms with Gasteiger partial charge in [0.2, 0.25) is 0 Å². The number of nitrogens with zero attached hydrogens (tertiary/aromatic N) is 4. The van der Waals surface area contributed by atoms with Crippen molar-refractivity contribution in [1.82, 2.24) is 19.5 Å². The molecular formula is C19H14N4O. The van der Waals surface area contributed by atoms with Crippen LogP contribution in [0.3, 0.4) is 0 Å². The molecule has 0 aliphatic heterocycles. The van der Waals surface area contributed by atoms with Gasteiger partial charge in [0, 0.05) is 42.2 Å². The maximum Gasteiger partial charge on any atom is 0.145 e. The van der Waals surface area contributed by atoms with Crippen LogP contribution in [0.4, 0.5) is 0 Å². The van der Waals surface area contributed by atoms with Gasteiger partial charge in [0.25, 0.3) is 0 Å². The SMILES string of the molecule is c1cncc(Oc2ccc(-n3ccnc3-c3ccncc3)cc2)c1. The normalized spacial score (nSPS) is 10.5. The fraction of sp³-hybridized carbons (Fsp3) is 0. The van der Waals surface area contributed by atoms with Gasteiger partial charge in [-0.15, -0.1) is 0 Å². The summed E-state index contributed by atoms with van der Waals surface area (Å²) < 4.78 is 7.80. The summed E-state index contributed by atoms with van der Waals surface area (Å²) in [5.41, 5.74) is 2.03. The Morgan fingerprint density at radius 2 is 1.58 bits per heavy atom. The smallest absolute Gasteiger partial charge is 0.145 e. The molecule has 0 bridgehead atoms. The summed E-state index contributed by atoms with van der Waals surface area (Å²) in [5, 5.41) is 0. The van der Waals surface area contributed by atoms with Crippen LogP contribution in [0.15, 0.2) is 85.7 Å². The number of benzene rings is 1. The van der Waals surface area contributed by atoms with Gasteiger partial charge in [-0.2, -0.15) is 0 Å². The summed E-state index contributed by atoms with van der Waals surface area (Å²) in [6, 6.07) is 15.5. The van der Waals surface area contributed by atoms with E-state index in [-0.39, 0.29) is 0 Å². The van der Waals surface area contributed by atoms with Crippen LogP contribution in [0.25, 0.3) is 17.1 Å². The van der Waals surface area contributed by atoms with Gasteiger partial charge < -0.3 is 4.74 Å². The van der Waals surface area contributed by atoms with Crippen LogP contribution in [0.2, 0.25) is 0 Å². The van der Waals surface area contributed by atoms with Crippen LogP contribution < -0.4 is 4.74 Å². The molecule has 24 heavy (non-hydrogen) atoms. The predicted molar refractivity (Wildman–Crippen MR) is 91.1 cm³/mol. The van der Waals surface area contributed by atoms with Crippen molar-refractivity contribution in [1.29, 1.82) is 0 Å². The lowest BCUT2D eigenvalue weighted by atomic mass is 10.2. The first-order chi connectivity index (χ1) is 11.9. The Labute approximate surface area is 139 Å². The minimum absolute atomic E-state index is 0.713. The first-order valence-electron chi connectivity index (χ1n) is 7.52. The third kappa shape index (κ3) is 2.87. The Morgan fingerprint density at radius 1 is 0.750 bits per heavy atom. The molecule has 1 aromatic carbocycles. The van der Waals surface area contributed by atoms with Crippen LogP contribution >= 0.6 is 0 Å². The van der Waals surface area contributed by atoms with Gasteiger partial charge >= 0.3 is 0 Å². The molecule has 0 spiro atoms. The average molecular weight is 314 g/mol. The number of rotatable bonds is 4. The molecule has 116 valence electrons. The molecule has 0 saturated heterocycles. The Bertz CT molecular complexity index is 919. The monoisotopic (exact) mass is 314 g/mol. The molecule has 3 heterocycles. The molecule has 0 saturated carbocycles. The summed E-state index contributed by atoms with van der Waals surface area (Å²) in [7, 11) is 0. The highest BCUT2D eigenvalue weighted by Crippen LogP contribution is 2.24. The van der Waals surface area contributed by atoms with Gasteiger partial charge in [-0.3, -0.25) is 14.5 Å². The van der Waals surface area contributed by atoms with E-state index in [1.165, 1.54) is 0 Å². The number of pyridine rings is 2. The van der Waals surface area contributed by atoms with Crippen molar-refractivity contribution in [3.8, 4) is 28.6 Å². The van der Waals surface area contributed by atoms with Crippen molar-refractivity contribution in [2.24, 2.45) is 0 Å². The van der Waals surface area contributed by atoms with Crippen molar-refractivity contribution in [2.45, 2.75) is 0 Å². The molecule has 0 unspecified atom stereocenters. The Hall–Kier alpha value is -3.47. The first kappa shape index (κ1) is 14.1. The fourth-order valence-corrected chi connectivity index (χ4v) is 2.44. The number of hydrogen-bond acceptors (Lipinski definition) is 4. The van der Waals surface area contributed by atoms with E-state index in [9.17, 15) is 0 Å². The van der Waals surface area contributed by atoms with Crippen molar-refractivity contribution in [3.63, 3.8) is 0 Å². The highest BCUT2D eigenvalue weighted by molar-refractivity contribution is 5.58. The number of ether oxygens (including phenoxy) is 1. The second kappa shape index (κ2) is 6.34. The van der Waals surface area contributed by atoms with Gasteiger partial charge in [0.15, 0.2) is 0 Å². The van der Waals surface area contributed by atoms with E-state index in [1.807, 2.05) is 59.3 Å². The van der Waals surface area contributed by atoms with Crippen molar-refractivity contribution >= 4 is 0 Å². The van der Waals surface area contributed by atoms with Gasteiger partial charge in [-0.05, 0) is 48.5 Å². The van der Waals surface area contributed by atoms with Gasteiger partial charge in [0.1, 0.15) is 17.3 Å². The molecule has 0 amide bonds. The minimum atomic E-state index is 0.713. The number of hydrogen-bond donors (Lipinski definition) is 0. The van der Waals surface area contributed by atoms with Gasteiger partial charge in [-0.1, -0.05) is 0 Å². The quantitative estimate of drug-likeness (QED) is 0.568. The Balaban J connectivity index is 1.61. The molecule has 0 aliphatic rings. The molecule has 0 fully saturated rings. The molecular weight excluding hydrogens is 300 g/mol. The third-order valence-corrected chi connectivity index (χ3v) is 3.56. The molecule has 0 aliphatic carbocycles. The lowest BCUT2D eigenvalue weighted by Crippen LogP contribution is -1.96. The van der Waals surface area contributed by atoms with Gasteiger partial charge in [-0.25, -0.2) is 4.98 Å². The van der Waals surface area contributed by atoms with Crippen LogP contribution in [-0.2, 0) is 0 Å². The van der Waals surface area contributed by atoms with Crippen LogP contribution in [0, 0.1) is 0 Å². The van der Waals surface area contributed by atoms with E-state index in [1.54, 1.807) is 31.0 Å². The lowest BCUT2D eigenvalue weighted by Gasteiger charge is -2.09. The second-order valence-electron chi connectivity index (χ2n) is 5.14. The lowest BCUT2D eigenvalue weighted by molar-refractivity contribution is 0.480. The zero-order valence-electron chi connectivity index (χ0n) is 12.8. The summed E-state index contributed by atoms with van der Waals surface area (Å²) >= 11 is 0. The van der Waals surface area contributed by atoms with Crippen molar-refractivity contribution in [2.75, 3.05) is 0 Å². The van der Waals surface area contributed by atoms with Crippen molar-refractivity contribution in [3.05, 3.63) is 85.7 Å². The van der Waals surface area contributed by atoms with E-state index in [2.05, 4.69) is 15.0 Å². The van der Waals surface area contributed by atoms with E-state index >= 15 is 0 Å². The highest BCUT2D eigenvalue weighted by Gasteiger charge is 2.07. The van der Waals surface area contributed by atoms with E-state index in [0.717, 1.165) is 22.8 Å². The molecule has 4 aromatic rings. The third-order valence-electron chi connectivity index (χ3n) is 3.56. The summed E-state index contributed by atoms with van der Waals surface area (Å²) in [6.45, 7) is 0. The fourth-order valence-electron chi connectivity index (χ4n) is 2.44. The first-order valence-corrected chi connectivity index (χ1v) is 7.52. The number of aromatic nitrogens is 4. The summed E-state index contributed by atoms with van der Waals surface area (Å²) in [6.07, 6.45) is 10.7. The highest BCUT2D eigenvalue weighted by atomic mass is 16.5. The molecule has 0 atom stereocenters. The summed E-state index contributed by atoms with van der Waals surface area (Å²) in [4.78, 5) is 12.5. The predicted octanol–water partition coefficient (Wildman–Crippen LogP) is 4.12. The van der Waals surface area contributed by atoms with E-state index in [0.29, 0.717) is 5.75 Å². The maximum atomic E-state index is 5.77. The molecule has 3 aromatic heterocycles. The summed E-state index contributed by atoms with van der Waals surface area (Å²) in [5.74, 6) is 2.35. The average Bonchev–Trinajstić information content (AvgIpc) is 3.14. The largest absolute Gasteiger partial charge is 0.456 e. The maximum absolute atomic E-state index is 5.77. The van der Waals surface area contributed by atoms with E-state index in [4.69, 9.17) is 4.74 Å². The zero-order valence-corrected chi connectivity index (χ0v) is 12.8. The molecule has 0 N–H and O–H groups in total. The standard InChI is InChI=1S/C19H14N4O/c1-2-18(14-21-9-1)24-17-5-3-16(4-6-17)23-13-12-22-19(23)15-7-10-20-11-8-15/h1-14H. The van der Waals surface area contributed by atoms with Gasteiger partial charge in [0.05, 0.1) is 6.20 Å². The zero-order chi connectivity index (χ0) is 16.2. The molecule has 5 heteroatoms. The van der Waals surface area contributed by atoms with Crippen LogP contribution in [-0.4, -0.2) is 19.5 Å². The molecule has 0 radical (unpaired) electrons. The second-order valence-corrected chi connectivity index (χ2v) is 5.14. The molecule has 4 rings (SSSR count). The minimum Gasteiger partial charge on any atom is -0.456 e. The van der Waals surface area contributed by atoms with Crippen LogP contribution in [0.5, 0.6) is 11.5 Å². The molecule has 5 nitrogen and oxygen atoms in total. The van der Waals surface area contributed by atoms with E-state index < -0.39 is 0 Å².